The van der Waals surface area contributed by atoms with Crippen LogP contribution in [0.25, 0.3) is 0 Å². The van der Waals surface area contributed by atoms with Gasteiger partial charge in [-0.2, -0.15) is 0 Å². The molecule has 0 aliphatic carbocycles. The molecule has 1 unspecified atom stereocenters. The van der Waals surface area contributed by atoms with Gasteiger partial charge in [0, 0.05) is 18.3 Å². The minimum absolute atomic E-state index is 0.0342. The number of hydrogen-bond donors (Lipinski definition) is 2. The quantitative estimate of drug-likeness (QED) is 0.160. The Morgan fingerprint density at radius 1 is 0.955 bits per heavy atom. The first-order valence-corrected chi connectivity index (χ1v) is 15.8. The van der Waals surface area contributed by atoms with E-state index in [1.807, 2.05) is 84.9 Å². The highest BCUT2D eigenvalue weighted by atomic mass is 31.2. The van der Waals surface area contributed by atoms with Crippen LogP contribution >= 0.6 is 7.60 Å². The number of benzene rings is 3. The van der Waals surface area contributed by atoms with E-state index >= 15 is 0 Å². The van der Waals surface area contributed by atoms with Gasteiger partial charge >= 0.3 is 13.3 Å². The average molecular weight is 622 g/mol. The Balaban J connectivity index is 1.71. The summed E-state index contributed by atoms with van der Waals surface area (Å²) in [6.07, 6.45) is 0.653. The lowest BCUT2D eigenvalue weighted by atomic mass is 9.80. The summed E-state index contributed by atoms with van der Waals surface area (Å²) in [5.41, 5.74) is 0.235. The zero-order valence-corrected chi connectivity index (χ0v) is 25.7. The molecule has 0 spiro atoms. The third-order valence-electron chi connectivity index (χ3n) is 7.06. The fourth-order valence-electron chi connectivity index (χ4n) is 4.94. The number of H-pyrrole nitrogens is 1. The van der Waals surface area contributed by atoms with Crippen LogP contribution in [-0.2, 0) is 30.8 Å². The van der Waals surface area contributed by atoms with Gasteiger partial charge in [-0.05, 0) is 42.7 Å². The number of amides is 1. The molecule has 11 nitrogen and oxygen atoms in total. The molecule has 1 heterocycles. The maximum atomic E-state index is 13.5. The van der Waals surface area contributed by atoms with Crippen molar-refractivity contribution in [3.05, 3.63) is 134 Å². The maximum absolute atomic E-state index is 13.5. The van der Waals surface area contributed by atoms with Gasteiger partial charge in [-0.1, -0.05) is 72.8 Å². The topological polar surface area (TPSA) is 140 Å². The van der Waals surface area contributed by atoms with Crippen molar-refractivity contribution < 1.29 is 28.3 Å². The summed E-state index contributed by atoms with van der Waals surface area (Å²) >= 11 is 0. The molecule has 44 heavy (non-hydrogen) atoms. The highest BCUT2D eigenvalue weighted by Gasteiger charge is 2.38. The summed E-state index contributed by atoms with van der Waals surface area (Å²) in [6, 6.07) is 26.7. The molecule has 0 saturated carbocycles. The molecule has 12 heteroatoms. The van der Waals surface area contributed by atoms with Gasteiger partial charge in [0.05, 0.1) is 20.3 Å². The van der Waals surface area contributed by atoms with Crippen LogP contribution in [0.3, 0.4) is 0 Å². The van der Waals surface area contributed by atoms with Crippen molar-refractivity contribution in [2.45, 2.75) is 26.0 Å². The number of carbonyl (C=O) groups is 1. The van der Waals surface area contributed by atoms with Crippen LogP contribution in [0.4, 0.5) is 0 Å². The van der Waals surface area contributed by atoms with E-state index in [0.29, 0.717) is 5.75 Å². The van der Waals surface area contributed by atoms with E-state index < -0.39 is 43.2 Å². The molecule has 0 aliphatic rings. The molecule has 1 aromatic heterocycles. The van der Waals surface area contributed by atoms with Crippen LogP contribution in [0.15, 0.2) is 101 Å². The fourth-order valence-corrected chi connectivity index (χ4v) is 6.16. The number of aryl methyl sites for hydroxylation is 1. The zero-order chi connectivity index (χ0) is 31.7. The zero-order valence-electron chi connectivity index (χ0n) is 24.8. The Hall–Kier alpha value is -4.28. The second-order valence-electron chi connectivity index (χ2n) is 10.0. The second-order valence-corrected chi connectivity index (χ2v) is 11.9. The Morgan fingerprint density at radius 2 is 1.52 bits per heavy atom. The van der Waals surface area contributed by atoms with Gasteiger partial charge in [0.15, 0.2) is 0 Å². The Morgan fingerprint density at radius 3 is 2.07 bits per heavy atom. The van der Waals surface area contributed by atoms with E-state index in [2.05, 4.69) is 4.98 Å². The second kappa shape index (κ2) is 14.5. The molecule has 0 saturated heterocycles. The summed E-state index contributed by atoms with van der Waals surface area (Å²) < 4.78 is 31.0. The van der Waals surface area contributed by atoms with E-state index in [1.165, 1.54) is 13.1 Å². The number of aromatic amines is 1. The highest BCUT2D eigenvalue weighted by Crippen LogP contribution is 2.43. The van der Waals surface area contributed by atoms with Gasteiger partial charge in [0.1, 0.15) is 24.2 Å². The average Bonchev–Trinajstić information content (AvgIpc) is 3.02. The molecule has 4 rings (SSSR count). The van der Waals surface area contributed by atoms with Crippen molar-refractivity contribution in [3.63, 3.8) is 0 Å². The first-order valence-electron chi connectivity index (χ1n) is 14.0. The first-order chi connectivity index (χ1) is 21.1. The van der Waals surface area contributed by atoms with Crippen LogP contribution in [0.5, 0.6) is 5.75 Å². The molecular formula is C32H36N3O8P. The van der Waals surface area contributed by atoms with Crippen LogP contribution in [0.2, 0.25) is 0 Å². The smallest absolute Gasteiger partial charge is 0.347 e. The molecule has 4 aromatic rings. The van der Waals surface area contributed by atoms with Gasteiger partial charge in [0.25, 0.3) is 5.56 Å². The number of rotatable bonds is 14. The maximum Gasteiger partial charge on any atom is 0.347 e. The third kappa shape index (κ3) is 7.62. The van der Waals surface area contributed by atoms with Gasteiger partial charge < -0.3 is 23.8 Å². The summed E-state index contributed by atoms with van der Waals surface area (Å²) in [4.78, 5) is 51.4. The van der Waals surface area contributed by atoms with Gasteiger partial charge in [-0.25, -0.2) is 4.79 Å². The predicted octanol–water partition coefficient (Wildman–Crippen LogP) is 3.87. The number of nitrogens with one attached hydrogen (secondary N) is 1. The molecule has 232 valence electrons. The van der Waals surface area contributed by atoms with E-state index in [1.54, 1.807) is 14.0 Å². The van der Waals surface area contributed by atoms with Crippen molar-refractivity contribution in [2.24, 2.45) is 0 Å². The Kier molecular flexibility index (Phi) is 10.7. The first kappa shape index (κ1) is 32.6. The van der Waals surface area contributed by atoms with E-state index in [4.69, 9.17) is 14.0 Å². The monoisotopic (exact) mass is 621 g/mol. The lowest BCUT2D eigenvalue weighted by Gasteiger charge is -2.37. The van der Waals surface area contributed by atoms with Crippen LogP contribution in [0, 0.1) is 6.92 Å². The third-order valence-corrected chi connectivity index (χ3v) is 8.42. The number of methoxy groups -OCH3 is 1. The minimum atomic E-state index is -4.21. The molecule has 1 atom stereocenters. The summed E-state index contributed by atoms with van der Waals surface area (Å²) in [7, 11) is -2.62. The van der Waals surface area contributed by atoms with Crippen molar-refractivity contribution in [1.29, 1.82) is 0 Å². The Labute approximate surface area is 255 Å². The van der Waals surface area contributed by atoms with Crippen LogP contribution in [-0.4, -0.2) is 58.4 Å². The largest absolute Gasteiger partial charge is 0.497 e. The molecule has 2 N–H and O–H groups in total. The normalized spacial score (nSPS) is 12.8. The number of ether oxygens (including phenoxy) is 2. The van der Waals surface area contributed by atoms with Crippen molar-refractivity contribution >= 4 is 13.5 Å². The number of nitrogens with zero attached hydrogens (tertiary/aromatic N) is 2. The molecule has 0 aliphatic heterocycles. The van der Waals surface area contributed by atoms with Gasteiger partial charge in [-0.3, -0.25) is 23.7 Å². The van der Waals surface area contributed by atoms with Crippen molar-refractivity contribution in [2.75, 3.05) is 33.2 Å². The molecular weight excluding hydrogens is 585 g/mol. The number of carbonyl (C=O) groups excluding carboxylic acids is 1. The molecule has 0 bridgehead atoms. The summed E-state index contributed by atoms with van der Waals surface area (Å²) in [5.74, 6) is 0.0356. The standard InChI is InChI=1S/C32H36N3O8P/c1-4-43-44(39,40)23-34(29(36)22-35-21-24(2)30(37)33-31(35)38)19-20-42-32(25-11-7-5-8-12-25,26-13-9-6-10-14-26)27-15-17-28(41-3)18-16-27/h5-18,21H,4,19-20,22-23H2,1-3H3,(H,39,40)(H,33,37,38). The van der Waals surface area contributed by atoms with E-state index in [-0.39, 0.29) is 25.3 Å². The molecule has 3 aromatic carbocycles. The van der Waals surface area contributed by atoms with Gasteiger partial charge in [0.2, 0.25) is 5.91 Å². The SMILES string of the molecule is CCOP(=O)(O)CN(CCOC(c1ccccc1)(c1ccccc1)c1ccc(OC)cc1)C(=O)Cn1cc(C)c(=O)[nH]c1=O. The lowest BCUT2D eigenvalue weighted by molar-refractivity contribution is -0.132. The lowest BCUT2D eigenvalue weighted by Crippen LogP contribution is -2.42. The fraction of sp³-hybridized carbons (Fsp3) is 0.281. The summed E-state index contributed by atoms with van der Waals surface area (Å²) in [6.45, 7) is 2.41. The molecule has 0 fully saturated rings. The van der Waals surface area contributed by atoms with Crippen molar-refractivity contribution in [3.8, 4) is 5.75 Å². The van der Waals surface area contributed by atoms with E-state index in [9.17, 15) is 23.8 Å². The van der Waals surface area contributed by atoms with Crippen molar-refractivity contribution in [1.82, 2.24) is 14.5 Å². The highest BCUT2D eigenvalue weighted by molar-refractivity contribution is 7.52. The number of hydrogen-bond acceptors (Lipinski definition) is 7. The minimum Gasteiger partial charge on any atom is -0.497 e. The van der Waals surface area contributed by atoms with Crippen LogP contribution < -0.4 is 16.0 Å². The number of aromatic nitrogens is 2. The van der Waals surface area contributed by atoms with E-state index in [0.717, 1.165) is 26.2 Å². The predicted molar refractivity (Wildman–Crippen MR) is 166 cm³/mol. The molecule has 0 radical (unpaired) electrons. The van der Waals surface area contributed by atoms with Crippen LogP contribution in [0.1, 0.15) is 29.2 Å². The summed E-state index contributed by atoms with van der Waals surface area (Å²) in [5, 5.41) is 0. The molecule has 1 amide bonds. The Bertz CT molecular complexity index is 1670. The van der Waals surface area contributed by atoms with Gasteiger partial charge in [-0.15, -0.1) is 0 Å².